The Morgan fingerprint density at radius 3 is 2.39 bits per heavy atom. The fraction of sp³-hybridized carbons (Fsp3) is 0.391. The topological polar surface area (TPSA) is 49.4 Å². The van der Waals surface area contributed by atoms with Crippen LogP contribution in [0.5, 0.6) is 0 Å². The molecule has 1 aliphatic carbocycles. The number of nitrogens with one attached hydrogen (secondary N) is 1. The lowest BCUT2D eigenvalue weighted by Gasteiger charge is -2.30. The van der Waals surface area contributed by atoms with Gasteiger partial charge < -0.3 is 10.2 Å². The van der Waals surface area contributed by atoms with Crippen LogP contribution >= 0.6 is 11.6 Å². The van der Waals surface area contributed by atoms with Gasteiger partial charge in [-0.25, -0.2) is 0 Å². The van der Waals surface area contributed by atoms with Gasteiger partial charge in [0.25, 0.3) is 0 Å². The largest absolute Gasteiger partial charge is 0.352 e. The van der Waals surface area contributed by atoms with Crippen LogP contribution in [0.3, 0.4) is 0 Å². The molecule has 0 spiro atoms. The lowest BCUT2D eigenvalue weighted by molar-refractivity contribution is -0.140. The van der Waals surface area contributed by atoms with Gasteiger partial charge in [-0.3, -0.25) is 9.59 Å². The maximum Gasteiger partial charge on any atom is 0.242 e. The van der Waals surface area contributed by atoms with Crippen LogP contribution in [0.4, 0.5) is 0 Å². The van der Waals surface area contributed by atoms with Gasteiger partial charge in [-0.15, -0.1) is 0 Å². The number of hydrogen-bond acceptors (Lipinski definition) is 2. The van der Waals surface area contributed by atoms with Crippen LogP contribution in [0.25, 0.3) is 0 Å². The SMILES string of the molecule is CC(C(=O)NC1CCCC1)N(Cc1ccccc1Cl)C(=O)Cc1ccccc1. The van der Waals surface area contributed by atoms with E-state index in [2.05, 4.69) is 5.32 Å². The van der Waals surface area contributed by atoms with E-state index < -0.39 is 6.04 Å². The summed E-state index contributed by atoms with van der Waals surface area (Å²) in [6, 6.07) is 16.7. The highest BCUT2D eigenvalue weighted by atomic mass is 35.5. The van der Waals surface area contributed by atoms with Crippen molar-refractivity contribution in [2.75, 3.05) is 0 Å². The smallest absolute Gasteiger partial charge is 0.242 e. The first-order valence-corrected chi connectivity index (χ1v) is 10.3. The van der Waals surface area contributed by atoms with Crippen LogP contribution in [0.15, 0.2) is 54.6 Å². The zero-order chi connectivity index (χ0) is 19.9. The van der Waals surface area contributed by atoms with Crippen LogP contribution in [0.2, 0.25) is 5.02 Å². The molecule has 1 aliphatic rings. The van der Waals surface area contributed by atoms with Crippen molar-refractivity contribution in [2.45, 2.75) is 57.7 Å². The summed E-state index contributed by atoms with van der Waals surface area (Å²) < 4.78 is 0. The van der Waals surface area contributed by atoms with Crippen LogP contribution in [0, 0.1) is 0 Å². The number of hydrogen-bond donors (Lipinski definition) is 1. The summed E-state index contributed by atoms with van der Waals surface area (Å²) in [5, 5.41) is 3.71. The van der Waals surface area contributed by atoms with E-state index in [-0.39, 0.29) is 24.3 Å². The summed E-state index contributed by atoms with van der Waals surface area (Å²) >= 11 is 6.32. The first kappa shape index (κ1) is 20.4. The number of rotatable bonds is 7. The molecule has 0 aliphatic heterocycles. The zero-order valence-electron chi connectivity index (χ0n) is 16.2. The highest BCUT2D eigenvalue weighted by Crippen LogP contribution is 2.21. The second-order valence-electron chi connectivity index (χ2n) is 7.44. The minimum atomic E-state index is -0.562. The molecule has 0 aromatic heterocycles. The van der Waals surface area contributed by atoms with Crippen LogP contribution in [-0.2, 0) is 22.6 Å². The van der Waals surface area contributed by atoms with Crippen molar-refractivity contribution in [3.8, 4) is 0 Å². The number of nitrogens with zero attached hydrogens (tertiary/aromatic N) is 1. The zero-order valence-corrected chi connectivity index (χ0v) is 17.0. The quantitative estimate of drug-likeness (QED) is 0.753. The van der Waals surface area contributed by atoms with Gasteiger partial charge in [0.2, 0.25) is 11.8 Å². The highest BCUT2D eigenvalue weighted by molar-refractivity contribution is 6.31. The molecule has 28 heavy (non-hydrogen) atoms. The fourth-order valence-electron chi connectivity index (χ4n) is 3.66. The van der Waals surface area contributed by atoms with Crippen molar-refractivity contribution in [2.24, 2.45) is 0 Å². The number of benzene rings is 2. The third-order valence-corrected chi connectivity index (χ3v) is 5.73. The highest BCUT2D eigenvalue weighted by Gasteiger charge is 2.28. The summed E-state index contributed by atoms with van der Waals surface area (Å²) in [6.45, 7) is 2.11. The minimum absolute atomic E-state index is 0.0832. The molecule has 0 radical (unpaired) electrons. The van der Waals surface area contributed by atoms with Gasteiger partial charge in [-0.1, -0.05) is 73.0 Å². The molecule has 1 saturated carbocycles. The van der Waals surface area contributed by atoms with E-state index in [0.717, 1.165) is 36.8 Å². The third kappa shape index (κ3) is 5.35. The standard InChI is InChI=1S/C23H27ClN2O2/c1-17(23(28)25-20-12-6-7-13-20)26(16-19-11-5-8-14-21(19)24)22(27)15-18-9-3-2-4-10-18/h2-5,8-11,14,17,20H,6-7,12-13,15-16H2,1H3,(H,25,28). The average molecular weight is 399 g/mol. The Hall–Kier alpha value is -2.33. The second kappa shape index (κ2) is 9.74. The molecule has 2 amide bonds. The van der Waals surface area contributed by atoms with E-state index in [1.165, 1.54) is 0 Å². The van der Waals surface area contributed by atoms with E-state index in [1.807, 2.05) is 48.5 Å². The Kier molecular flexibility index (Phi) is 7.10. The summed E-state index contributed by atoms with van der Waals surface area (Å²) in [5.74, 6) is -0.180. The van der Waals surface area contributed by atoms with Gasteiger partial charge in [0.05, 0.1) is 6.42 Å². The Bertz CT molecular complexity index is 803. The van der Waals surface area contributed by atoms with Crippen molar-refractivity contribution in [3.63, 3.8) is 0 Å². The Balaban J connectivity index is 1.77. The first-order valence-electron chi connectivity index (χ1n) is 9.92. The number of amides is 2. The average Bonchev–Trinajstić information content (AvgIpc) is 3.20. The van der Waals surface area contributed by atoms with Gasteiger partial charge in [0, 0.05) is 17.6 Å². The normalized spacial score (nSPS) is 15.2. The lowest BCUT2D eigenvalue weighted by Crippen LogP contribution is -2.50. The molecular formula is C23H27ClN2O2. The van der Waals surface area contributed by atoms with E-state index in [9.17, 15) is 9.59 Å². The molecule has 1 fully saturated rings. The van der Waals surface area contributed by atoms with Gasteiger partial charge in [-0.2, -0.15) is 0 Å². The summed E-state index contributed by atoms with van der Waals surface area (Å²) in [4.78, 5) is 27.6. The van der Waals surface area contributed by atoms with Crippen LogP contribution in [-0.4, -0.2) is 28.8 Å². The summed E-state index contributed by atoms with van der Waals surface area (Å²) in [5.41, 5.74) is 1.77. The van der Waals surface area contributed by atoms with Crippen LogP contribution < -0.4 is 5.32 Å². The maximum atomic E-state index is 13.1. The molecular weight excluding hydrogens is 372 g/mol. The molecule has 1 N–H and O–H groups in total. The molecule has 1 unspecified atom stereocenters. The van der Waals surface area contributed by atoms with E-state index in [4.69, 9.17) is 11.6 Å². The third-order valence-electron chi connectivity index (χ3n) is 5.37. The monoisotopic (exact) mass is 398 g/mol. The predicted octanol–water partition coefficient (Wildman–Crippen LogP) is 4.36. The van der Waals surface area contributed by atoms with Gasteiger partial charge in [-0.05, 0) is 37.0 Å². The molecule has 0 saturated heterocycles. The molecule has 2 aromatic carbocycles. The molecule has 4 nitrogen and oxygen atoms in total. The molecule has 2 aromatic rings. The number of carbonyl (C=O) groups excluding carboxylic acids is 2. The maximum absolute atomic E-state index is 13.1. The summed E-state index contributed by atoms with van der Waals surface area (Å²) in [6.07, 6.45) is 4.58. The molecule has 5 heteroatoms. The van der Waals surface area contributed by atoms with Crippen LogP contribution in [0.1, 0.15) is 43.7 Å². The van der Waals surface area contributed by atoms with Crippen molar-refractivity contribution >= 4 is 23.4 Å². The Morgan fingerprint density at radius 1 is 1.07 bits per heavy atom. The van der Waals surface area contributed by atoms with Crippen molar-refractivity contribution in [3.05, 3.63) is 70.7 Å². The second-order valence-corrected chi connectivity index (χ2v) is 7.85. The molecule has 148 valence electrons. The van der Waals surface area contributed by atoms with E-state index in [0.29, 0.717) is 11.6 Å². The van der Waals surface area contributed by atoms with Crippen molar-refractivity contribution < 1.29 is 9.59 Å². The summed E-state index contributed by atoms with van der Waals surface area (Å²) in [7, 11) is 0. The van der Waals surface area contributed by atoms with Gasteiger partial charge >= 0.3 is 0 Å². The predicted molar refractivity (Wildman–Crippen MR) is 112 cm³/mol. The lowest BCUT2D eigenvalue weighted by atomic mass is 10.1. The number of halogens is 1. The van der Waals surface area contributed by atoms with E-state index in [1.54, 1.807) is 17.9 Å². The molecule has 0 heterocycles. The van der Waals surface area contributed by atoms with Crippen molar-refractivity contribution in [1.29, 1.82) is 0 Å². The molecule has 3 rings (SSSR count). The Labute approximate surface area is 171 Å². The van der Waals surface area contributed by atoms with Gasteiger partial charge in [0.1, 0.15) is 6.04 Å². The Morgan fingerprint density at radius 2 is 1.71 bits per heavy atom. The fourth-order valence-corrected chi connectivity index (χ4v) is 3.85. The van der Waals surface area contributed by atoms with Gasteiger partial charge in [0.15, 0.2) is 0 Å². The van der Waals surface area contributed by atoms with E-state index >= 15 is 0 Å². The molecule has 1 atom stereocenters. The number of carbonyl (C=O) groups is 2. The minimum Gasteiger partial charge on any atom is -0.352 e. The van der Waals surface area contributed by atoms with Crippen molar-refractivity contribution in [1.82, 2.24) is 10.2 Å². The first-order chi connectivity index (χ1) is 13.5. The molecule has 0 bridgehead atoms.